The van der Waals surface area contributed by atoms with Crippen LogP contribution in [0.3, 0.4) is 0 Å². The van der Waals surface area contributed by atoms with Crippen molar-refractivity contribution in [3.05, 3.63) is 24.8 Å². The zero-order chi connectivity index (χ0) is 7.40. The Hall–Kier alpha value is -1.05. The van der Waals surface area contributed by atoms with E-state index in [9.17, 15) is 0 Å². The molecule has 0 radical (unpaired) electrons. The second-order valence-electron chi connectivity index (χ2n) is 2.24. The first-order valence-electron chi connectivity index (χ1n) is 3.51. The quantitative estimate of drug-likeness (QED) is 0.621. The van der Waals surface area contributed by atoms with Gasteiger partial charge in [-0.05, 0) is 12.5 Å². The minimum Gasteiger partial charge on any atom is -0.337 e. The highest BCUT2D eigenvalue weighted by atomic mass is 15.0. The van der Waals surface area contributed by atoms with Crippen LogP contribution in [0.5, 0.6) is 0 Å². The van der Waals surface area contributed by atoms with Gasteiger partial charge in [0.1, 0.15) is 0 Å². The van der Waals surface area contributed by atoms with E-state index in [0.717, 1.165) is 18.7 Å². The van der Waals surface area contributed by atoms with Gasteiger partial charge in [0.15, 0.2) is 0 Å². The molecule has 1 aromatic heterocycles. The third kappa shape index (κ3) is 1.47. The van der Waals surface area contributed by atoms with E-state index in [1.807, 2.05) is 12.5 Å². The first kappa shape index (κ1) is 7.06. The summed E-state index contributed by atoms with van der Waals surface area (Å²) in [7, 11) is 0. The smallest absolute Gasteiger partial charge is 0.0953 e. The van der Waals surface area contributed by atoms with Crippen LogP contribution in [0.1, 0.15) is 19.0 Å². The van der Waals surface area contributed by atoms with Gasteiger partial charge in [-0.3, -0.25) is 0 Å². The number of rotatable bonds is 3. The molecule has 54 valence electrons. The van der Waals surface area contributed by atoms with Gasteiger partial charge in [-0.1, -0.05) is 13.5 Å². The summed E-state index contributed by atoms with van der Waals surface area (Å²) in [6, 6.07) is 0. The lowest BCUT2D eigenvalue weighted by molar-refractivity contribution is 0.678. The van der Waals surface area contributed by atoms with Crippen molar-refractivity contribution < 1.29 is 0 Å². The predicted octanol–water partition coefficient (Wildman–Crippen LogP) is 1.94. The Morgan fingerprint density at radius 2 is 2.60 bits per heavy atom. The van der Waals surface area contributed by atoms with Crippen molar-refractivity contribution >= 4 is 6.08 Å². The highest BCUT2D eigenvalue weighted by molar-refractivity contribution is 5.39. The first-order valence-corrected chi connectivity index (χ1v) is 3.51. The summed E-state index contributed by atoms with van der Waals surface area (Å²) in [6.45, 7) is 6.82. The summed E-state index contributed by atoms with van der Waals surface area (Å²) in [5.74, 6) is 0. The van der Waals surface area contributed by atoms with Gasteiger partial charge in [-0.2, -0.15) is 0 Å². The van der Waals surface area contributed by atoms with Gasteiger partial charge in [-0.25, -0.2) is 4.98 Å². The van der Waals surface area contributed by atoms with E-state index in [1.54, 1.807) is 6.08 Å². The number of aromatic nitrogens is 2. The standard InChI is InChI=1S/C8H12N2/c1-3-5-10-6-8(4-2)9-7-10/h4,6-7H,2-3,5H2,1H3. The van der Waals surface area contributed by atoms with Crippen LogP contribution >= 0.6 is 0 Å². The molecule has 0 saturated heterocycles. The van der Waals surface area contributed by atoms with Crippen LogP contribution in [0, 0.1) is 0 Å². The van der Waals surface area contributed by atoms with Crippen LogP contribution in [0.4, 0.5) is 0 Å². The van der Waals surface area contributed by atoms with Gasteiger partial charge >= 0.3 is 0 Å². The maximum atomic E-state index is 4.10. The van der Waals surface area contributed by atoms with Gasteiger partial charge in [0, 0.05) is 12.7 Å². The number of hydrogen-bond donors (Lipinski definition) is 0. The van der Waals surface area contributed by atoms with Crippen molar-refractivity contribution in [1.29, 1.82) is 0 Å². The fourth-order valence-corrected chi connectivity index (χ4v) is 0.863. The van der Waals surface area contributed by atoms with Crippen molar-refractivity contribution in [3.63, 3.8) is 0 Å². The molecule has 1 rings (SSSR count). The molecule has 1 aromatic rings. The zero-order valence-electron chi connectivity index (χ0n) is 6.25. The third-order valence-corrected chi connectivity index (χ3v) is 1.34. The Morgan fingerprint density at radius 3 is 3.10 bits per heavy atom. The molecule has 10 heavy (non-hydrogen) atoms. The first-order chi connectivity index (χ1) is 4.86. The van der Waals surface area contributed by atoms with Gasteiger partial charge in [0.2, 0.25) is 0 Å². The van der Waals surface area contributed by atoms with Gasteiger partial charge in [0.05, 0.1) is 12.0 Å². The van der Waals surface area contributed by atoms with E-state index >= 15 is 0 Å². The summed E-state index contributed by atoms with van der Waals surface area (Å²) >= 11 is 0. The Bertz CT molecular complexity index is 213. The van der Waals surface area contributed by atoms with Gasteiger partial charge in [-0.15, -0.1) is 0 Å². The molecule has 0 bridgehead atoms. The van der Waals surface area contributed by atoms with Crippen LogP contribution < -0.4 is 0 Å². The monoisotopic (exact) mass is 136 g/mol. The van der Waals surface area contributed by atoms with Crippen molar-refractivity contribution in [2.45, 2.75) is 19.9 Å². The fourth-order valence-electron chi connectivity index (χ4n) is 0.863. The lowest BCUT2D eigenvalue weighted by Crippen LogP contribution is -1.90. The van der Waals surface area contributed by atoms with E-state index < -0.39 is 0 Å². The van der Waals surface area contributed by atoms with Crippen LogP contribution in [-0.4, -0.2) is 9.55 Å². The SMILES string of the molecule is C=Cc1cn(CCC)cn1. The van der Waals surface area contributed by atoms with Crippen LogP contribution in [0.25, 0.3) is 6.08 Å². The maximum Gasteiger partial charge on any atom is 0.0953 e. The minimum atomic E-state index is 0.952. The van der Waals surface area contributed by atoms with E-state index in [1.165, 1.54) is 0 Å². The van der Waals surface area contributed by atoms with Crippen molar-refractivity contribution in [1.82, 2.24) is 9.55 Å². The predicted molar refractivity (Wildman–Crippen MR) is 42.6 cm³/mol. The van der Waals surface area contributed by atoms with Crippen molar-refractivity contribution in [2.75, 3.05) is 0 Å². The second kappa shape index (κ2) is 3.20. The fraction of sp³-hybridized carbons (Fsp3) is 0.375. The molecule has 1 heterocycles. The summed E-state index contributed by atoms with van der Waals surface area (Å²) in [5, 5.41) is 0. The van der Waals surface area contributed by atoms with E-state index in [-0.39, 0.29) is 0 Å². The van der Waals surface area contributed by atoms with Crippen LogP contribution in [0.15, 0.2) is 19.1 Å². The molecule has 0 atom stereocenters. The van der Waals surface area contributed by atoms with E-state index in [4.69, 9.17) is 0 Å². The molecule has 2 nitrogen and oxygen atoms in total. The molecule has 0 aliphatic rings. The summed E-state index contributed by atoms with van der Waals surface area (Å²) in [4.78, 5) is 4.10. The molecule has 0 saturated carbocycles. The number of imidazole rings is 1. The highest BCUT2D eigenvalue weighted by Gasteiger charge is 1.90. The molecular weight excluding hydrogens is 124 g/mol. The molecular formula is C8H12N2. The number of nitrogens with zero attached hydrogens (tertiary/aromatic N) is 2. The topological polar surface area (TPSA) is 17.8 Å². The zero-order valence-corrected chi connectivity index (χ0v) is 6.25. The highest BCUT2D eigenvalue weighted by Crippen LogP contribution is 1.97. The average molecular weight is 136 g/mol. The lowest BCUT2D eigenvalue weighted by atomic mass is 10.4. The van der Waals surface area contributed by atoms with Crippen LogP contribution in [-0.2, 0) is 6.54 Å². The summed E-state index contributed by atoms with van der Waals surface area (Å²) in [5.41, 5.74) is 0.952. The largest absolute Gasteiger partial charge is 0.337 e. The van der Waals surface area contributed by atoms with Crippen molar-refractivity contribution in [2.24, 2.45) is 0 Å². The number of aryl methyl sites for hydroxylation is 1. The Kier molecular flexibility index (Phi) is 2.26. The molecule has 2 heteroatoms. The van der Waals surface area contributed by atoms with E-state index in [0.29, 0.717) is 0 Å². The Labute approximate surface area is 61.2 Å². The normalized spacial score (nSPS) is 9.70. The maximum absolute atomic E-state index is 4.10. The van der Waals surface area contributed by atoms with Crippen LogP contribution in [0.2, 0.25) is 0 Å². The summed E-state index contributed by atoms with van der Waals surface area (Å²) < 4.78 is 2.07. The van der Waals surface area contributed by atoms with Crippen molar-refractivity contribution in [3.8, 4) is 0 Å². The average Bonchev–Trinajstić information content (AvgIpc) is 2.37. The molecule has 0 N–H and O–H groups in total. The third-order valence-electron chi connectivity index (χ3n) is 1.34. The molecule has 0 aliphatic heterocycles. The molecule has 0 aromatic carbocycles. The molecule has 0 amide bonds. The molecule has 0 aliphatic carbocycles. The molecule has 0 fully saturated rings. The Morgan fingerprint density at radius 1 is 1.80 bits per heavy atom. The van der Waals surface area contributed by atoms with Gasteiger partial charge < -0.3 is 4.57 Å². The number of hydrogen-bond acceptors (Lipinski definition) is 1. The van der Waals surface area contributed by atoms with E-state index in [2.05, 4.69) is 23.1 Å². The Balaban J connectivity index is 2.68. The second-order valence-corrected chi connectivity index (χ2v) is 2.24. The molecule has 0 unspecified atom stereocenters. The lowest BCUT2D eigenvalue weighted by Gasteiger charge is -1.93. The minimum absolute atomic E-state index is 0.952. The molecule has 0 spiro atoms. The van der Waals surface area contributed by atoms with Gasteiger partial charge in [0.25, 0.3) is 0 Å². The summed E-state index contributed by atoms with van der Waals surface area (Å²) in [6.07, 6.45) is 6.73.